The zero-order chi connectivity index (χ0) is 21.7. The highest BCUT2D eigenvalue weighted by molar-refractivity contribution is 7.89. The van der Waals surface area contributed by atoms with Crippen molar-refractivity contribution < 1.29 is 13.2 Å². The maximum absolute atomic E-state index is 13.3. The number of aryl methyl sites for hydroxylation is 1. The molecule has 0 heterocycles. The second-order valence-electron chi connectivity index (χ2n) is 7.78. The summed E-state index contributed by atoms with van der Waals surface area (Å²) in [6.07, 6.45) is 2.86. The van der Waals surface area contributed by atoms with Crippen LogP contribution in [-0.2, 0) is 27.8 Å². The Bertz CT molecular complexity index is 1130. The van der Waals surface area contributed by atoms with E-state index in [1.54, 1.807) is 30.3 Å². The van der Waals surface area contributed by atoms with Crippen LogP contribution in [-0.4, -0.2) is 25.2 Å². The first kappa shape index (κ1) is 21.3. The average Bonchev–Trinajstić information content (AvgIpc) is 2.80. The molecule has 5 nitrogen and oxygen atoms in total. The number of nitrogens with zero attached hydrogens (tertiary/aromatic N) is 1. The van der Waals surface area contributed by atoms with Crippen molar-refractivity contribution in [2.75, 3.05) is 6.54 Å². The van der Waals surface area contributed by atoms with E-state index in [0.29, 0.717) is 0 Å². The summed E-state index contributed by atoms with van der Waals surface area (Å²) >= 11 is 0. The second kappa shape index (κ2) is 9.45. The van der Waals surface area contributed by atoms with Crippen molar-refractivity contribution in [2.45, 2.75) is 36.7 Å². The number of hydrogen-bond acceptors (Lipinski definition) is 3. The molecule has 6 heteroatoms. The predicted molar refractivity (Wildman–Crippen MR) is 121 cm³/mol. The Balaban J connectivity index is 1.55. The Morgan fingerprint density at radius 1 is 0.903 bits per heavy atom. The van der Waals surface area contributed by atoms with Gasteiger partial charge in [0, 0.05) is 6.54 Å². The number of hydrogen-bond donors (Lipinski definition) is 1. The summed E-state index contributed by atoms with van der Waals surface area (Å²) in [5.74, 6) is -0.294. The van der Waals surface area contributed by atoms with Crippen LogP contribution in [0.25, 0.3) is 0 Å². The molecule has 0 saturated carbocycles. The Labute approximate surface area is 183 Å². The van der Waals surface area contributed by atoms with Gasteiger partial charge in [-0.2, -0.15) is 4.31 Å². The van der Waals surface area contributed by atoms with Crippen LogP contribution in [0.15, 0.2) is 89.8 Å². The molecule has 3 aromatic rings. The van der Waals surface area contributed by atoms with E-state index in [1.165, 1.54) is 9.87 Å². The highest BCUT2D eigenvalue weighted by Gasteiger charge is 2.28. The van der Waals surface area contributed by atoms with Gasteiger partial charge >= 0.3 is 0 Å². The van der Waals surface area contributed by atoms with E-state index in [-0.39, 0.29) is 29.9 Å². The monoisotopic (exact) mass is 434 g/mol. The molecule has 1 amide bonds. The number of carbonyl (C=O) groups is 1. The van der Waals surface area contributed by atoms with Gasteiger partial charge in [-0.1, -0.05) is 72.8 Å². The lowest BCUT2D eigenvalue weighted by Gasteiger charge is -2.28. The molecule has 0 spiro atoms. The molecule has 1 N–H and O–H groups in total. The van der Waals surface area contributed by atoms with Crippen LogP contribution in [0.1, 0.15) is 35.6 Å². The van der Waals surface area contributed by atoms with Crippen molar-refractivity contribution in [3.05, 3.63) is 102 Å². The first-order chi connectivity index (χ1) is 15.0. The Morgan fingerprint density at radius 3 is 2.29 bits per heavy atom. The van der Waals surface area contributed by atoms with Gasteiger partial charge in [-0.3, -0.25) is 4.79 Å². The largest absolute Gasteiger partial charge is 0.348 e. The molecular formula is C25H26N2O3S. The highest BCUT2D eigenvalue weighted by atomic mass is 32.2. The molecule has 0 aliphatic heterocycles. The van der Waals surface area contributed by atoms with Gasteiger partial charge in [0.15, 0.2) is 0 Å². The van der Waals surface area contributed by atoms with Crippen LogP contribution < -0.4 is 5.32 Å². The quantitative estimate of drug-likeness (QED) is 0.610. The number of nitrogens with one attached hydrogen (secondary N) is 1. The van der Waals surface area contributed by atoms with Gasteiger partial charge in [-0.05, 0) is 48.1 Å². The van der Waals surface area contributed by atoms with Crippen LogP contribution in [0.4, 0.5) is 0 Å². The normalized spacial score (nSPS) is 16.0. The third-order valence-corrected chi connectivity index (χ3v) is 7.41. The lowest BCUT2D eigenvalue weighted by atomic mass is 9.88. The zero-order valence-electron chi connectivity index (χ0n) is 17.3. The van der Waals surface area contributed by atoms with E-state index >= 15 is 0 Å². The van der Waals surface area contributed by atoms with E-state index in [9.17, 15) is 13.2 Å². The van der Waals surface area contributed by atoms with Gasteiger partial charge in [0.2, 0.25) is 15.9 Å². The molecule has 1 unspecified atom stereocenters. The summed E-state index contributed by atoms with van der Waals surface area (Å²) in [7, 11) is -3.82. The number of fused-ring (bicyclic) bond motifs is 1. The molecular weight excluding hydrogens is 408 g/mol. The van der Waals surface area contributed by atoms with Crippen LogP contribution in [0.2, 0.25) is 0 Å². The summed E-state index contributed by atoms with van der Waals surface area (Å²) in [6, 6.07) is 25.6. The molecule has 3 aromatic carbocycles. The average molecular weight is 435 g/mol. The Hall–Kier alpha value is -2.96. The van der Waals surface area contributed by atoms with Crippen molar-refractivity contribution in [2.24, 2.45) is 0 Å². The van der Waals surface area contributed by atoms with Gasteiger partial charge < -0.3 is 5.32 Å². The molecule has 1 atom stereocenters. The third kappa shape index (κ3) is 5.03. The number of sulfonamides is 1. The van der Waals surface area contributed by atoms with E-state index in [2.05, 4.69) is 11.4 Å². The van der Waals surface area contributed by atoms with Crippen molar-refractivity contribution in [1.29, 1.82) is 0 Å². The van der Waals surface area contributed by atoms with Crippen molar-refractivity contribution in [3.8, 4) is 0 Å². The maximum Gasteiger partial charge on any atom is 0.243 e. The Kier molecular flexibility index (Phi) is 6.49. The summed E-state index contributed by atoms with van der Waals surface area (Å²) in [5.41, 5.74) is 3.21. The number of benzene rings is 3. The molecule has 0 saturated heterocycles. The summed E-state index contributed by atoms with van der Waals surface area (Å²) in [4.78, 5) is 13.2. The second-order valence-corrected chi connectivity index (χ2v) is 9.72. The molecule has 0 fully saturated rings. The standard InChI is InChI=1S/C25H26N2O3S/c28-25(26-24-17-9-13-21-12-7-8-16-23(21)24)19-27(18-20-10-3-1-4-11-20)31(29,30)22-14-5-2-6-15-22/h1-8,10-12,14-16,24H,9,13,17-19H2,(H,26,28). The van der Waals surface area contributed by atoms with Crippen LogP contribution in [0.5, 0.6) is 0 Å². The lowest BCUT2D eigenvalue weighted by molar-refractivity contribution is -0.122. The summed E-state index contributed by atoms with van der Waals surface area (Å²) in [5, 5.41) is 3.07. The van der Waals surface area contributed by atoms with Crippen LogP contribution in [0, 0.1) is 0 Å². The molecule has 1 aliphatic carbocycles. The molecule has 4 rings (SSSR count). The zero-order valence-corrected chi connectivity index (χ0v) is 18.1. The first-order valence-electron chi connectivity index (χ1n) is 10.5. The highest BCUT2D eigenvalue weighted by Crippen LogP contribution is 2.29. The molecule has 0 radical (unpaired) electrons. The predicted octanol–water partition coefficient (Wildman–Crippen LogP) is 4.07. The maximum atomic E-state index is 13.3. The van der Waals surface area contributed by atoms with Gasteiger partial charge in [0.1, 0.15) is 0 Å². The number of amides is 1. The molecule has 160 valence electrons. The fourth-order valence-corrected chi connectivity index (χ4v) is 5.46. The fraction of sp³-hybridized carbons (Fsp3) is 0.240. The Morgan fingerprint density at radius 2 is 1.55 bits per heavy atom. The van der Waals surface area contributed by atoms with Crippen molar-refractivity contribution >= 4 is 15.9 Å². The number of carbonyl (C=O) groups excluding carboxylic acids is 1. The van der Waals surface area contributed by atoms with Crippen LogP contribution in [0.3, 0.4) is 0 Å². The van der Waals surface area contributed by atoms with E-state index in [1.807, 2.05) is 48.5 Å². The van der Waals surface area contributed by atoms with Gasteiger partial charge in [0.25, 0.3) is 0 Å². The minimum absolute atomic E-state index is 0.0875. The fourth-order valence-electron chi connectivity index (χ4n) is 4.06. The van der Waals surface area contributed by atoms with Gasteiger partial charge in [-0.25, -0.2) is 8.42 Å². The van der Waals surface area contributed by atoms with Crippen molar-refractivity contribution in [1.82, 2.24) is 9.62 Å². The smallest absolute Gasteiger partial charge is 0.243 e. The summed E-state index contributed by atoms with van der Waals surface area (Å²) < 4.78 is 27.9. The topological polar surface area (TPSA) is 66.5 Å². The van der Waals surface area contributed by atoms with Gasteiger partial charge in [-0.15, -0.1) is 0 Å². The minimum Gasteiger partial charge on any atom is -0.348 e. The third-order valence-electron chi connectivity index (χ3n) is 5.61. The van der Waals surface area contributed by atoms with E-state index in [4.69, 9.17) is 0 Å². The van der Waals surface area contributed by atoms with Crippen LogP contribution >= 0.6 is 0 Å². The van der Waals surface area contributed by atoms with Crippen molar-refractivity contribution in [3.63, 3.8) is 0 Å². The molecule has 0 aromatic heterocycles. The molecule has 1 aliphatic rings. The number of rotatable bonds is 7. The molecule has 31 heavy (non-hydrogen) atoms. The van der Waals surface area contributed by atoms with E-state index < -0.39 is 10.0 Å². The minimum atomic E-state index is -3.82. The summed E-state index contributed by atoms with van der Waals surface area (Å²) in [6.45, 7) is -0.0997. The SMILES string of the molecule is O=C(CN(Cc1ccccc1)S(=O)(=O)c1ccccc1)NC1CCCc2ccccc21. The first-order valence-corrected chi connectivity index (χ1v) is 11.9. The van der Waals surface area contributed by atoms with E-state index in [0.717, 1.165) is 30.4 Å². The lowest BCUT2D eigenvalue weighted by Crippen LogP contribution is -2.42. The van der Waals surface area contributed by atoms with Gasteiger partial charge in [0.05, 0.1) is 17.5 Å². The molecule has 0 bridgehead atoms.